The number of thiophene rings is 1. The highest BCUT2D eigenvalue weighted by molar-refractivity contribution is 7.22. The second kappa shape index (κ2) is 10.1. The van der Waals surface area contributed by atoms with Gasteiger partial charge in [-0.1, -0.05) is 47.2 Å². The fraction of sp³-hybridized carbons (Fsp3) is 0.222. The molecule has 4 heterocycles. The first-order chi connectivity index (χ1) is 17.6. The molecule has 6 nitrogen and oxygen atoms in total. The van der Waals surface area contributed by atoms with Crippen LogP contribution in [0.5, 0.6) is 0 Å². The van der Waals surface area contributed by atoms with Crippen molar-refractivity contribution in [1.29, 1.82) is 0 Å². The SMILES string of the molecule is O=C(NCCN1CCN(c2nc3ccc(Cl)cc3s2)CC1)c1cc(-c2cccs2)nc2ccccc12. The smallest absolute Gasteiger partial charge is 0.252 e. The number of hydrogen-bond acceptors (Lipinski definition) is 7. The molecule has 0 atom stereocenters. The maximum Gasteiger partial charge on any atom is 0.252 e. The Morgan fingerprint density at radius 2 is 1.83 bits per heavy atom. The Morgan fingerprint density at radius 3 is 2.67 bits per heavy atom. The molecular formula is C27H24ClN5OS2. The molecular weight excluding hydrogens is 510 g/mol. The van der Waals surface area contributed by atoms with Gasteiger partial charge in [-0.25, -0.2) is 9.97 Å². The lowest BCUT2D eigenvalue weighted by Gasteiger charge is -2.34. The number of nitrogens with zero attached hydrogens (tertiary/aromatic N) is 4. The standard InChI is InChI=1S/C27H24ClN5OS2/c28-18-7-8-22-25(16-18)36-27(31-22)33-13-11-32(12-14-33)10-9-29-26(34)20-17-23(24-6-3-15-35-24)30-21-5-2-1-4-19(20)21/h1-8,15-17H,9-14H2,(H,29,34). The number of para-hydroxylation sites is 1. The van der Waals surface area contributed by atoms with Gasteiger partial charge >= 0.3 is 0 Å². The highest BCUT2D eigenvalue weighted by Gasteiger charge is 2.20. The highest BCUT2D eigenvalue weighted by Crippen LogP contribution is 2.31. The van der Waals surface area contributed by atoms with Gasteiger partial charge in [0.05, 0.1) is 31.9 Å². The van der Waals surface area contributed by atoms with Crippen molar-refractivity contribution >= 4 is 66.4 Å². The fourth-order valence-electron chi connectivity index (χ4n) is 4.52. The Hall–Kier alpha value is -3.04. The van der Waals surface area contributed by atoms with Crippen LogP contribution in [0.1, 0.15) is 10.4 Å². The summed E-state index contributed by atoms with van der Waals surface area (Å²) < 4.78 is 1.12. The third-order valence-electron chi connectivity index (χ3n) is 6.43. The van der Waals surface area contributed by atoms with Crippen molar-refractivity contribution in [3.8, 4) is 10.6 Å². The molecule has 1 aliphatic heterocycles. The van der Waals surface area contributed by atoms with Crippen LogP contribution in [-0.4, -0.2) is 60.0 Å². The van der Waals surface area contributed by atoms with Gasteiger partial charge in [-0.2, -0.15) is 0 Å². The number of aromatic nitrogens is 2. The zero-order chi connectivity index (χ0) is 24.5. The number of benzene rings is 2. The van der Waals surface area contributed by atoms with E-state index in [4.69, 9.17) is 21.6 Å². The van der Waals surface area contributed by atoms with Crippen molar-refractivity contribution in [3.05, 3.63) is 76.6 Å². The van der Waals surface area contributed by atoms with E-state index >= 15 is 0 Å². The molecule has 0 aliphatic carbocycles. The van der Waals surface area contributed by atoms with Gasteiger partial charge < -0.3 is 10.2 Å². The molecule has 1 fully saturated rings. The molecule has 1 aliphatic rings. The van der Waals surface area contributed by atoms with E-state index in [1.807, 2.05) is 66.0 Å². The number of nitrogens with one attached hydrogen (secondary N) is 1. The van der Waals surface area contributed by atoms with Crippen LogP contribution >= 0.6 is 34.3 Å². The molecule has 182 valence electrons. The van der Waals surface area contributed by atoms with Crippen LogP contribution in [0.4, 0.5) is 5.13 Å². The predicted octanol–water partition coefficient (Wildman–Crippen LogP) is 5.78. The molecule has 6 rings (SSSR count). The molecule has 0 bridgehead atoms. The number of halogens is 1. The summed E-state index contributed by atoms with van der Waals surface area (Å²) in [5.41, 5.74) is 3.34. The third-order valence-corrected chi connectivity index (χ3v) is 8.64. The zero-order valence-corrected chi connectivity index (χ0v) is 21.9. The minimum absolute atomic E-state index is 0.0572. The molecule has 0 saturated carbocycles. The molecule has 1 saturated heterocycles. The summed E-state index contributed by atoms with van der Waals surface area (Å²) in [6.07, 6.45) is 0. The van der Waals surface area contributed by atoms with Crippen LogP contribution in [-0.2, 0) is 0 Å². The zero-order valence-electron chi connectivity index (χ0n) is 19.5. The average molecular weight is 534 g/mol. The first-order valence-electron chi connectivity index (χ1n) is 11.9. The number of anilines is 1. The normalized spacial score (nSPS) is 14.5. The Balaban J connectivity index is 1.07. The van der Waals surface area contributed by atoms with Crippen molar-refractivity contribution < 1.29 is 4.79 Å². The number of pyridine rings is 1. The van der Waals surface area contributed by atoms with Crippen LogP contribution in [0.25, 0.3) is 31.7 Å². The minimum Gasteiger partial charge on any atom is -0.351 e. The largest absolute Gasteiger partial charge is 0.351 e. The van der Waals surface area contributed by atoms with Gasteiger partial charge in [0.15, 0.2) is 5.13 Å². The highest BCUT2D eigenvalue weighted by atomic mass is 35.5. The first kappa shape index (κ1) is 23.4. The van der Waals surface area contributed by atoms with Gasteiger partial charge in [0, 0.05) is 49.7 Å². The summed E-state index contributed by atoms with van der Waals surface area (Å²) in [6, 6.07) is 19.6. The topological polar surface area (TPSA) is 61.4 Å². The van der Waals surface area contributed by atoms with Crippen LogP contribution in [0, 0.1) is 0 Å². The van der Waals surface area contributed by atoms with Crippen molar-refractivity contribution in [2.24, 2.45) is 0 Å². The number of thiazole rings is 1. The Labute approximate surface area is 222 Å². The second-order valence-electron chi connectivity index (χ2n) is 8.74. The summed E-state index contributed by atoms with van der Waals surface area (Å²) >= 11 is 9.45. The van der Waals surface area contributed by atoms with E-state index in [1.54, 1.807) is 22.7 Å². The molecule has 9 heteroatoms. The number of hydrogen-bond donors (Lipinski definition) is 1. The Morgan fingerprint density at radius 1 is 0.972 bits per heavy atom. The fourth-order valence-corrected chi connectivity index (χ4v) is 6.50. The third kappa shape index (κ3) is 4.82. The van der Waals surface area contributed by atoms with Crippen molar-refractivity contribution in [2.45, 2.75) is 0 Å². The van der Waals surface area contributed by atoms with Crippen LogP contribution in [0.15, 0.2) is 66.0 Å². The molecule has 2 aromatic carbocycles. The molecule has 1 N–H and O–H groups in total. The lowest BCUT2D eigenvalue weighted by molar-refractivity contribution is 0.0949. The van der Waals surface area contributed by atoms with Gasteiger partial charge in [-0.05, 0) is 41.8 Å². The predicted molar refractivity (Wildman–Crippen MR) is 151 cm³/mol. The second-order valence-corrected chi connectivity index (χ2v) is 11.1. The Kier molecular flexibility index (Phi) is 6.58. The molecule has 0 unspecified atom stereocenters. The number of fused-ring (bicyclic) bond motifs is 2. The van der Waals surface area contributed by atoms with E-state index in [0.29, 0.717) is 12.1 Å². The first-order valence-corrected chi connectivity index (χ1v) is 14.0. The number of carbonyl (C=O) groups excluding carboxylic acids is 1. The van der Waals surface area contributed by atoms with E-state index in [2.05, 4.69) is 15.1 Å². The van der Waals surface area contributed by atoms with Crippen molar-refractivity contribution in [1.82, 2.24) is 20.2 Å². The van der Waals surface area contributed by atoms with Gasteiger partial charge in [0.25, 0.3) is 5.91 Å². The maximum atomic E-state index is 13.2. The van der Waals surface area contributed by atoms with Gasteiger partial charge in [-0.3, -0.25) is 9.69 Å². The Bertz CT molecular complexity index is 1530. The number of carbonyl (C=O) groups is 1. The van der Waals surface area contributed by atoms with Crippen molar-refractivity contribution in [2.75, 3.05) is 44.2 Å². The molecule has 3 aromatic heterocycles. The summed E-state index contributed by atoms with van der Waals surface area (Å²) in [5, 5.41) is 7.83. The van der Waals surface area contributed by atoms with E-state index in [1.165, 1.54) is 0 Å². The van der Waals surface area contributed by atoms with Gasteiger partial charge in [-0.15, -0.1) is 11.3 Å². The number of amides is 1. The number of rotatable bonds is 6. The molecule has 5 aromatic rings. The summed E-state index contributed by atoms with van der Waals surface area (Å²) in [6.45, 7) is 5.13. The monoisotopic (exact) mass is 533 g/mol. The average Bonchev–Trinajstić information content (AvgIpc) is 3.59. The summed E-state index contributed by atoms with van der Waals surface area (Å²) in [4.78, 5) is 28.5. The molecule has 0 radical (unpaired) electrons. The van der Waals surface area contributed by atoms with E-state index in [0.717, 1.165) is 74.6 Å². The lowest BCUT2D eigenvalue weighted by Crippen LogP contribution is -2.48. The minimum atomic E-state index is -0.0572. The van der Waals surface area contributed by atoms with E-state index in [9.17, 15) is 4.79 Å². The van der Waals surface area contributed by atoms with Crippen LogP contribution < -0.4 is 10.2 Å². The molecule has 1 amide bonds. The van der Waals surface area contributed by atoms with E-state index in [-0.39, 0.29) is 5.91 Å². The quantitative estimate of drug-likeness (QED) is 0.300. The van der Waals surface area contributed by atoms with Crippen LogP contribution in [0.2, 0.25) is 5.02 Å². The molecule has 0 spiro atoms. The summed E-state index contributed by atoms with van der Waals surface area (Å²) in [7, 11) is 0. The van der Waals surface area contributed by atoms with Crippen molar-refractivity contribution in [3.63, 3.8) is 0 Å². The molecule has 36 heavy (non-hydrogen) atoms. The van der Waals surface area contributed by atoms with Gasteiger partial charge in [0.1, 0.15) is 0 Å². The van der Waals surface area contributed by atoms with Gasteiger partial charge in [0.2, 0.25) is 0 Å². The van der Waals surface area contributed by atoms with Crippen LogP contribution in [0.3, 0.4) is 0 Å². The maximum absolute atomic E-state index is 13.2. The summed E-state index contributed by atoms with van der Waals surface area (Å²) in [5.74, 6) is -0.0572. The lowest BCUT2D eigenvalue weighted by atomic mass is 10.1. The van der Waals surface area contributed by atoms with E-state index < -0.39 is 0 Å². The number of piperazine rings is 1.